The third kappa shape index (κ3) is 8.37. The van der Waals surface area contributed by atoms with Crippen LogP contribution in [0.3, 0.4) is 0 Å². The minimum atomic E-state index is -1.49. The number of aryl methyl sites for hydroxylation is 1. The number of fused-ring (bicyclic) bond motifs is 1. The lowest BCUT2D eigenvalue weighted by Crippen LogP contribution is -2.43. The molecule has 3 N–H and O–H groups in total. The van der Waals surface area contributed by atoms with Crippen LogP contribution in [0.1, 0.15) is 89.7 Å². The summed E-state index contributed by atoms with van der Waals surface area (Å²) >= 11 is 0. The van der Waals surface area contributed by atoms with E-state index in [9.17, 15) is 14.3 Å². The molecule has 0 bridgehead atoms. The Morgan fingerprint density at radius 3 is 2.55 bits per heavy atom. The fourth-order valence-corrected chi connectivity index (χ4v) is 4.96. The smallest absolute Gasteiger partial charge is 0.434 e. The molecule has 0 aromatic carbocycles. The minimum absolute atomic E-state index is 0.0283. The van der Waals surface area contributed by atoms with Crippen LogP contribution in [-0.2, 0) is 20.6 Å². The highest BCUT2D eigenvalue weighted by molar-refractivity contribution is 5.73. The maximum absolute atomic E-state index is 13.6. The van der Waals surface area contributed by atoms with Crippen molar-refractivity contribution in [1.82, 2.24) is 9.97 Å². The normalized spacial score (nSPS) is 24.4. The number of aliphatic hydroxyl groups excluding tert-OH is 1. The van der Waals surface area contributed by atoms with Gasteiger partial charge in [-0.15, -0.1) is 6.42 Å². The summed E-state index contributed by atoms with van der Waals surface area (Å²) in [7, 11) is 0. The second-order valence-electron chi connectivity index (χ2n) is 10.2. The number of unbranched alkanes of at least 4 members (excludes halogenated alkanes) is 9. The van der Waals surface area contributed by atoms with Crippen LogP contribution >= 0.6 is 0 Å². The first-order valence-corrected chi connectivity index (χ1v) is 13.9. The number of carbonyl (C=O) groups excluding carboxylic acids is 1. The van der Waals surface area contributed by atoms with Gasteiger partial charge >= 0.3 is 12.2 Å². The van der Waals surface area contributed by atoms with E-state index in [0.29, 0.717) is 24.2 Å². The molecular weight excluding hydrogens is 491 g/mol. The van der Waals surface area contributed by atoms with E-state index in [1.54, 1.807) is 6.21 Å². The number of halogens is 1. The maximum Gasteiger partial charge on any atom is 0.508 e. The molecule has 9 nitrogen and oxygen atoms in total. The summed E-state index contributed by atoms with van der Waals surface area (Å²) in [5.74, 6) is 2.21. The van der Waals surface area contributed by atoms with Gasteiger partial charge in [0.1, 0.15) is 18.4 Å². The van der Waals surface area contributed by atoms with E-state index < -0.39 is 30.0 Å². The Hall–Kier alpha value is -2.77. The fourth-order valence-electron chi connectivity index (χ4n) is 4.96. The Kier molecular flexibility index (Phi) is 11.7. The molecule has 1 saturated heterocycles. The number of anilines is 1. The number of rotatable bonds is 14. The largest absolute Gasteiger partial charge is 0.508 e. The van der Waals surface area contributed by atoms with Gasteiger partial charge in [-0.1, -0.05) is 70.6 Å². The molecule has 0 amide bonds. The summed E-state index contributed by atoms with van der Waals surface area (Å²) in [6.45, 7) is 2.17. The zero-order valence-corrected chi connectivity index (χ0v) is 22.4. The lowest BCUT2D eigenvalue weighted by molar-refractivity contribution is -0.0882. The highest BCUT2D eigenvalue weighted by Gasteiger charge is 2.50. The van der Waals surface area contributed by atoms with Crippen molar-refractivity contribution >= 4 is 23.9 Å². The molecule has 1 fully saturated rings. The zero-order valence-electron chi connectivity index (χ0n) is 22.4. The Labute approximate surface area is 224 Å². The molecule has 38 heavy (non-hydrogen) atoms. The molecule has 2 aliphatic heterocycles. The molecule has 10 heteroatoms. The number of aliphatic hydroxyl groups is 1. The highest BCUT2D eigenvalue weighted by atomic mass is 19.1. The molecule has 210 valence electrons. The molecule has 3 rings (SSSR count). The number of nitrogens with zero attached hydrogens (tertiary/aromatic N) is 3. The second kappa shape index (κ2) is 15.0. The van der Waals surface area contributed by atoms with Crippen LogP contribution in [0.5, 0.6) is 0 Å². The van der Waals surface area contributed by atoms with Crippen molar-refractivity contribution in [2.24, 2.45) is 10.9 Å². The minimum Gasteiger partial charge on any atom is -0.434 e. The number of ether oxygens (including phenoxy) is 3. The topological polar surface area (TPSA) is 129 Å². The Morgan fingerprint density at radius 1 is 1.18 bits per heavy atom. The summed E-state index contributed by atoms with van der Waals surface area (Å²) in [6, 6.07) is 0. The predicted octanol–water partition coefficient (Wildman–Crippen LogP) is 5.06. The van der Waals surface area contributed by atoms with Crippen molar-refractivity contribution in [3.63, 3.8) is 0 Å². The summed E-state index contributed by atoms with van der Waals surface area (Å²) in [6.07, 6.45) is 17.1. The molecule has 1 aromatic rings. The fraction of sp³-hybridized carbons (Fsp3) is 0.714. The van der Waals surface area contributed by atoms with Crippen molar-refractivity contribution in [3.8, 4) is 12.3 Å². The van der Waals surface area contributed by atoms with Crippen molar-refractivity contribution in [1.29, 1.82) is 0 Å². The number of carbonyl (C=O) groups is 1. The van der Waals surface area contributed by atoms with E-state index in [4.69, 9.17) is 26.4 Å². The Bertz CT molecular complexity index is 985. The van der Waals surface area contributed by atoms with Gasteiger partial charge in [-0.05, 0) is 19.3 Å². The Balaban J connectivity index is 1.37. The van der Waals surface area contributed by atoms with Crippen molar-refractivity contribution < 1.29 is 28.5 Å². The van der Waals surface area contributed by atoms with E-state index >= 15 is 0 Å². The van der Waals surface area contributed by atoms with Crippen molar-refractivity contribution in [3.05, 3.63) is 11.8 Å². The first-order chi connectivity index (χ1) is 18.4. The molecule has 2 aliphatic rings. The molecule has 0 radical (unpaired) electrons. The number of terminal acetylenes is 1. The lowest BCUT2D eigenvalue weighted by atomic mass is 9.92. The van der Waals surface area contributed by atoms with Gasteiger partial charge in [-0.2, -0.15) is 9.37 Å². The van der Waals surface area contributed by atoms with Gasteiger partial charge in [0, 0.05) is 18.6 Å². The molecule has 3 heterocycles. The van der Waals surface area contributed by atoms with Crippen molar-refractivity contribution in [2.75, 3.05) is 18.9 Å². The van der Waals surface area contributed by atoms with Crippen LogP contribution in [0.4, 0.5) is 20.7 Å². The number of hydrogen-bond donors (Lipinski definition) is 2. The van der Waals surface area contributed by atoms with E-state index in [2.05, 4.69) is 27.8 Å². The average molecular weight is 533 g/mol. The SMILES string of the molecule is C#C[C@]1(COC(=O)OCCCCCCCCCCCC)O[C@@H](C2C=Nc3c(N)nc(F)nc3CC2)C[C@@H]1O. The van der Waals surface area contributed by atoms with Gasteiger partial charge in [0.25, 0.3) is 0 Å². The average Bonchev–Trinajstić information content (AvgIpc) is 3.07. The van der Waals surface area contributed by atoms with Crippen molar-refractivity contribution in [2.45, 2.75) is 108 Å². The third-order valence-electron chi connectivity index (χ3n) is 7.27. The summed E-state index contributed by atoms with van der Waals surface area (Å²) < 4.78 is 30.0. The first kappa shape index (κ1) is 29.8. The van der Waals surface area contributed by atoms with E-state index in [1.165, 1.54) is 44.9 Å². The lowest BCUT2D eigenvalue weighted by Gasteiger charge is -2.27. The van der Waals surface area contributed by atoms with Crippen LogP contribution in [-0.4, -0.2) is 58.5 Å². The monoisotopic (exact) mass is 532 g/mol. The summed E-state index contributed by atoms with van der Waals surface area (Å²) in [5, 5.41) is 10.7. The molecule has 4 atom stereocenters. The molecule has 0 spiro atoms. The second-order valence-corrected chi connectivity index (χ2v) is 10.2. The first-order valence-electron chi connectivity index (χ1n) is 13.9. The van der Waals surface area contributed by atoms with Crippen LogP contribution < -0.4 is 5.73 Å². The standard InChI is InChI=1S/C28H41FN4O5/c1-3-5-6-7-8-9-10-11-12-13-16-36-27(35)37-19-28(4-2)23(34)17-22(38-28)20-14-15-21-24(31-18-20)25(30)33-26(29)32-21/h2,18,20,22-23,34H,3,5-17,19H2,1H3,(H2,30,32,33)/t20?,22-,23+,28-/m1/s1. The van der Waals surface area contributed by atoms with Gasteiger partial charge < -0.3 is 25.1 Å². The maximum atomic E-state index is 13.6. The molecule has 0 aliphatic carbocycles. The highest BCUT2D eigenvalue weighted by Crippen LogP contribution is 2.37. The number of aromatic nitrogens is 2. The van der Waals surface area contributed by atoms with Gasteiger partial charge in [0.2, 0.25) is 0 Å². The Morgan fingerprint density at radius 2 is 1.87 bits per heavy atom. The molecule has 0 saturated carbocycles. The van der Waals surface area contributed by atoms with Gasteiger partial charge in [-0.25, -0.2) is 9.78 Å². The van der Waals surface area contributed by atoms with Gasteiger partial charge in [0.15, 0.2) is 11.4 Å². The third-order valence-corrected chi connectivity index (χ3v) is 7.27. The molecule has 1 unspecified atom stereocenters. The van der Waals surface area contributed by atoms with E-state index in [1.807, 2.05) is 0 Å². The summed E-state index contributed by atoms with van der Waals surface area (Å²) in [5.41, 5.74) is 5.06. The van der Waals surface area contributed by atoms with E-state index in [-0.39, 0.29) is 31.4 Å². The number of nitrogen functional groups attached to an aromatic ring is 1. The van der Waals surface area contributed by atoms with Crippen LogP contribution in [0.2, 0.25) is 0 Å². The predicted molar refractivity (Wildman–Crippen MR) is 143 cm³/mol. The molecule has 1 aromatic heterocycles. The van der Waals surface area contributed by atoms with Gasteiger partial charge in [0.05, 0.1) is 18.4 Å². The number of nitrogens with two attached hydrogens (primary N) is 1. The zero-order chi connectivity index (χ0) is 27.4. The van der Waals surface area contributed by atoms with E-state index in [0.717, 1.165) is 19.3 Å². The van der Waals surface area contributed by atoms with Crippen LogP contribution in [0.25, 0.3) is 0 Å². The van der Waals surface area contributed by atoms with Crippen LogP contribution in [0, 0.1) is 24.3 Å². The van der Waals surface area contributed by atoms with Crippen LogP contribution in [0.15, 0.2) is 4.99 Å². The number of hydrogen-bond acceptors (Lipinski definition) is 9. The quantitative estimate of drug-likeness (QED) is 0.147. The summed E-state index contributed by atoms with van der Waals surface area (Å²) in [4.78, 5) is 23.8. The number of aliphatic imine (C=N–C) groups is 1. The molecular formula is C28H41FN4O5. The van der Waals surface area contributed by atoms with Gasteiger partial charge in [-0.3, -0.25) is 4.99 Å².